The summed E-state index contributed by atoms with van der Waals surface area (Å²) in [4.78, 5) is 16.5. The molecule has 2 aromatic heterocycles. The van der Waals surface area contributed by atoms with Gasteiger partial charge in [0, 0.05) is 18.1 Å². The number of anilines is 1. The summed E-state index contributed by atoms with van der Waals surface area (Å²) in [6.45, 7) is 3.94. The number of nitrogens with zero attached hydrogens (tertiary/aromatic N) is 2. The highest BCUT2D eigenvalue weighted by molar-refractivity contribution is 6.04. The Hall–Kier alpha value is -2.62. The van der Waals surface area contributed by atoms with Crippen LogP contribution in [0.3, 0.4) is 0 Å². The first kappa shape index (κ1) is 12.4. The van der Waals surface area contributed by atoms with Gasteiger partial charge in [-0.25, -0.2) is 4.98 Å². The number of fused-ring (bicyclic) bond motifs is 1. The molecular formula is C16H15N3O. The highest BCUT2D eigenvalue weighted by atomic mass is 16.1. The molecule has 0 saturated carbocycles. The summed E-state index contributed by atoms with van der Waals surface area (Å²) in [6, 6.07) is 11.4. The van der Waals surface area contributed by atoms with Gasteiger partial charge in [0.15, 0.2) is 0 Å². The third kappa shape index (κ3) is 2.40. The standard InChI is InChI=1S/C16H15N3O/c1-11-3-6-14(7-4-11)18-16(20)13-5-8-15-17-12(2)9-19(15)10-13/h3-10H,1-2H3,(H,18,20). The van der Waals surface area contributed by atoms with E-state index >= 15 is 0 Å². The number of aromatic nitrogens is 2. The second-order valence-corrected chi connectivity index (χ2v) is 4.89. The van der Waals surface area contributed by atoms with E-state index in [-0.39, 0.29) is 5.91 Å². The van der Waals surface area contributed by atoms with Crippen LogP contribution >= 0.6 is 0 Å². The zero-order valence-electron chi connectivity index (χ0n) is 11.4. The van der Waals surface area contributed by atoms with Crippen LogP contribution in [0.25, 0.3) is 5.65 Å². The quantitative estimate of drug-likeness (QED) is 0.773. The molecule has 1 N–H and O–H groups in total. The molecule has 1 aromatic carbocycles. The summed E-state index contributed by atoms with van der Waals surface area (Å²) < 4.78 is 1.86. The maximum absolute atomic E-state index is 12.2. The van der Waals surface area contributed by atoms with E-state index in [9.17, 15) is 4.79 Å². The molecule has 3 aromatic rings. The lowest BCUT2D eigenvalue weighted by Gasteiger charge is -2.06. The number of pyridine rings is 1. The first-order valence-electron chi connectivity index (χ1n) is 6.45. The van der Waals surface area contributed by atoms with Crippen LogP contribution in [0.2, 0.25) is 0 Å². The molecule has 0 atom stereocenters. The van der Waals surface area contributed by atoms with Crippen molar-refractivity contribution >= 4 is 17.2 Å². The Morgan fingerprint density at radius 3 is 2.55 bits per heavy atom. The second kappa shape index (κ2) is 4.81. The predicted octanol–water partition coefficient (Wildman–Crippen LogP) is 3.20. The van der Waals surface area contributed by atoms with E-state index in [0.717, 1.165) is 17.0 Å². The normalized spacial score (nSPS) is 10.7. The first-order valence-corrected chi connectivity index (χ1v) is 6.45. The van der Waals surface area contributed by atoms with Crippen LogP contribution in [0.1, 0.15) is 21.6 Å². The maximum atomic E-state index is 12.2. The minimum Gasteiger partial charge on any atom is -0.322 e. The van der Waals surface area contributed by atoms with Gasteiger partial charge in [0.1, 0.15) is 5.65 Å². The summed E-state index contributed by atoms with van der Waals surface area (Å²) in [5, 5.41) is 2.88. The van der Waals surface area contributed by atoms with Gasteiger partial charge in [0.25, 0.3) is 5.91 Å². The molecule has 0 fully saturated rings. The van der Waals surface area contributed by atoms with E-state index in [1.54, 1.807) is 12.3 Å². The van der Waals surface area contributed by atoms with Crippen molar-refractivity contribution in [2.45, 2.75) is 13.8 Å². The van der Waals surface area contributed by atoms with Crippen LogP contribution in [0, 0.1) is 13.8 Å². The Kier molecular flexibility index (Phi) is 2.99. The summed E-state index contributed by atoms with van der Waals surface area (Å²) >= 11 is 0. The van der Waals surface area contributed by atoms with Crippen LogP contribution < -0.4 is 5.32 Å². The highest BCUT2D eigenvalue weighted by Crippen LogP contribution is 2.12. The summed E-state index contributed by atoms with van der Waals surface area (Å²) in [7, 11) is 0. The van der Waals surface area contributed by atoms with Crippen molar-refractivity contribution in [1.29, 1.82) is 0 Å². The second-order valence-electron chi connectivity index (χ2n) is 4.89. The van der Waals surface area contributed by atoms with Crippen molar-refractivity contribution < 1.29 is 4.79 Å². The molecule has 100 valence electrons. The van der Waals surface area contributed by atoms with Gasteiger partial charge >= 0.3 is 0 Å². The Balaban J connectivity index is 1.86. The lowest BCUT2D eigenvalue weighted by molar-refractivity contribution is 0.102. The summed E-state index contributed by atoms with van der Waals surface area (Å²) in [6.07, 6.45) is 3.69. The van der Waals surface area contributed by atoms with Crippen molar-refractivity contribution in [2.75, 3.05) is 5.32 Å². The van der Waals surface area contributed by atoms with Gasteiger partial charge in [-0.05, 0) is 38.1 Å². The van der Waals surface area contributed by atoms with E-state index in [2.05, 4.69) is 10.3 Å². The topological polar surface area (TPSA) is 46.4 Å². The molecular weight excluding hydrogens is 250 g/mol. The van der Waals surface area contributed by atoms with Gasteiger partial charge in [0.05, 0.1) is 11.3 Å². The largest absolute Gasteiger partial charge is 0.322 e. The summed E-state index contributed by atoms with van der Waals surface area (Å²) in [5.74, 6) is -0.123. The van der Waals surface area contributed by atoms with Crippen LogP contribution in [0.15, 0.2) is 48.8 Å². The number of amides is 1. The number of carbonyl (C=O) groups is 1. The molecule has 2 heterocycles. The fourth-order valence-electron chi connectivity index (χ4n) is 2.09. The van der Waals surface area contributed by atoms with Crippen molar-refractivity contribution in [3.8, 4) is 0 Å². The van der Waals surface area contributed by atoms with Crippen LogP contribution in [-0.2, 0) is 0 Å². The molecule has 4 nitrogen and oxygen atoms in total. The number of hydrogen-bond acceptors (Lipinski definition) is 2. The Labute approximate surface area is 117 Å². The lowest BCUT2D eigenvalue weighted by atomic mass is 10.2. The third-order valence-electron chi connectivity index (χ3n) is 3.14. The van der Waals surface area contributed by atoms with E-state index in [4.69, 9.17) is 0 Å². The zero-order valence-corrected chi connectivity index (χ0v) is 11.4. The predicted molar refractivity (Wildman–Crippen MR) is 79.1 cm³/mol. The number of nitrogens with one attached hydrogen (secondary N) is 1. The van der Waals surface area contributed by atoms with Gasteiger partial charge < -0.3 is 9.72 Å². The number of carbonyl (C=O) groups excluding carboxylic acids is 1. The number of benzene rings is 1. The molecule has 0 radical (unpaired) electrons. The molecule has 1 amide bonds. The van der Waals surface area contributed by atoms with Crippen molar-refractivity contribution in [3.63, 3.8) is 0 Å². The van der Waals surface area contributed by atoms with Gasteiger partial charge in [-0.15, -0.1) is 0 Å². The Morgan fingerprint density at radius 2 is 1.80 bits per heavy atom. The zero-order chi connectivity index (χ0) is 14.1. The average molecular weight is 265 g/mol. The molecule has 0 saturated heterocycles. The molecule has 0 bridgehead atoms. The van der Waals surface area contributed by atoms with Crippen LogP contribution in [-0.4, -0.2) is 15.3 Å². The monoisotopic (exact) mass is 265 g/mol. The average Bonchev–Trinajstić information content (AvgIpc) is 2.80. The van der Waals surface area contributed by atoms with Crippen molar-refractivity contribution in [3.05, 3.63) is 65.6 Å². The van der Waals surface area contributed by atoms with Crippen LogP contribution in [0.5, 0.6) is 0 Å². The molecule has 0 aliphatic heterocycles. The Morgan fingerprint density at radius 1 is 1.05 bits per heavy atom. The van der Waals surface area contributed by atoms with E-state index in [1.165, 1.54) is 5.56 Å². The van der Waals surface area contributed by atoms with E-state index in [0.29, 0.717) is 5.56 Å². The van der Waals surface area contributed by atoms with Crippen molar-refractivity contribution in [1.82, 2.24) is 9.38 Å². The fourth-order valence-corrected chi connectivity index (χ4v) is 2.09. The molecule has 20 heavy (non-hydrogen) atoms. The smallest absolute Gasteiger partial charge is 0.257 e. The minimum absolute atomic E-state index is 0.123. The molecule has 0 unspecified atom stereocenters. The van der Waals surface area contributed by atoms with Gasteiger partial charge in [0.2, 0.25) is 0 Å². The Bertz CT molecular complexity index is 772. The van der Waals surface area contributed by atoms with Crippen LogP contribution in [0.4, 0.5) is 5.69 Å². The van der Waals surface area contributed by atoms with Gasteiger partial charge in [-0.3, -0.25) is 4.79 Å². The van der Waals surface area contributed by atoms with E-state index in [1.807, 2.05) is 54.8 Å². The maximum Gasteiger partial charge on any atom is 0.257 e. The summed E-state index contributed by atoms with van der Waals surface area (Å²) in [5.41, 5.74) is 4.34. The van der Waals surface area contributed by atoms with Crippen molar-refractivity contribution in [2.24, 2.45) is 0 Å². The third-order valence-corrected chi connectivity index (χ3v) is 3.14. The fraction of sp³-hybridized carbons (Fsp3) is 0.125. The highest BCUT2D eigenvalue weighted by Gasteiger charge is 2.07. The molecule has 3 rings (SSSR count). The van der Waals surface area contributed by atoms with Gasteiger partial charge in [-0.1, -0.05) is 17.7 Å². The number of imidazole rings is 1. The lowest BCUT2D eigenvalue weighted by Crippen LogP contribution is -2.12. The first-order chi connectivity index (χ1) is 9.61. The minimum atomic E-state index is -0.123. The molecule has 0 aliphatic rings. The number of rotatable bonds is 2. The van der Waals surface area contributed by atoms with Gasteiger partial charge in [-0.2, -0.15) is 0 Å². The van der Waals surface area contributed by atoms with E-state index < -0.39 is 0 Å². The molecule has 0 spiro atoms. The SMILES string of the molecule is Cc1ccc(NC(=O)c2ccc3nc(C)cn3c2)cc1. The molecule has 0 aliphatic carbocycles. The molecule has 4 heteroatoms. The number of hydrogen-bond donors (Lipinski definition) is 1. The number of aryl methyl sites for hydroxylation is 2.